The molecule has 0 bridgehead atoms. The van der Waals surface area contributed by atoms with Crippen molar-refractivity contribution >= 4 is 29.0 Å². The van der Waals surface area contributed by atoms with Gasteiger partial charge in [-0.3, -0.25) is 9.69 Å². The van der Waals surface area contributed by atoms with E-state index in [0.717, 1.165) is 21.2 Å². The molecule has 1 amide bonds. The molecule has 4 heteroatoms. The van der Waals surface area contributed by atoms with Gasteiger partial charge in [-0.2, -0.15) is 0 Å². The van der Waals surface area contributed by atoms with Crippen LogP contribution in [0.3, 0.4) is 0 Å². The first-order valence-corrected chi connectivity index (χ1v) is 7.32. The highest BCUT2D eigenvalue weighted by Gasteiger charge is 2.27. The van der Waals surface area contributed by atoms with Crippen molar-refractivity contribution in [1.29, 1.82) is 0 Å². The number of amides is 1. The number of hydrogen-bond acceptors (Lipinski definition) is 3. The smallest absolute Gasteiger partial charge is 0.245 e. The summed E-state index contributed by atoms with van der Waals surface area (Å²) in [5.74, 6) is 0.0928. The average Bonchev–Trinajstić information content (AvgIpc) is 2.43. The van der Waals surface area contributed by atoms with Gasteiger partial charge in [-0.25, -0.2) is 0 Å². The summed E-state index contributed by atoms with van der Waals surface area (Å²) >= 11 is 1.72. The van der Waals surface area contributed by atoms with Crippen molar-refractivity contribution in [3.63, 3.8) is 0 Å². The molecule has 0 saturated carbocycles. The molecule has 0 unspecified atom stereocenters. The Morgan fingerprint density at radius 2 is 1.50 bits per heavy atom. The fourth-order valence-corrected chi connectivity index (χ4v) is 3.37. The van der Waals surface area contributed by atoms with Crippen LogP contribution in [0.15, 0.2) is 58.3 Å². The fourth-order valence-electron chi connectivity index (χ4n) is 2.31. The maximum Gasteiger partial charge on any atom is 0.245 e. The molecule has 1 aliphatic heterocycles. The minimum Gasteiger partial charge on any atom is -0.301 e. The lowest BCUT2D eigenvalue weighted by atomic mass is 10.2. The average molecular weight is 284 g/mol. The zero-order valence-corrected chi connectivity index (χ0v) is 12.4. The van der Waals surface area contributed by atoms with E-state index >= 15 is 0 Å². The maximum absolute atomic E-state index is 12.6. The second-order valence-electron chi connectivity index (χ2n) is 5.00. The van der Waals surface area contributed by atoms with E-state index in [4.69, 9.17) is 0 Å². The molecule has 102 valence electrons. The fraction of sp³-hybridized carbons (Fsp3) is 0.188. The van der Waals surface area contributed by atoms with Gasteiger partial charge in [0.05, 0.1) is 17.9 Å². The molecule has 0 fully saturated rings. The molecule has 0 aliphatic carbocycles. The summed E-state index contributed by atoms with van der Waals surface area (Å²) in [6.07, 6.45) is 0. The minimum absolute atomic E-state index is 0.0928. The molecule has 0 saturated heterocycles. The van der Waals surface area contributed by atoms with Crippen LogP contribution in [0.5, 0.6) is 0 Å². The lowest BCUT2D eigenvalue weighted by Crippen LogP contribution is -2.36. The molecule has 0 atom stereocenters. The van der Waals surface area contributed by atoms with Crippen molar-refractivity contribution in [2.45, 2.75) is 9.79 Å². The molecule has 20 heavy (non-hydrogen) atoms. The Labute approximate surface area is 123 Å². The number of hydrogen-bond donors (Lipinski definition) is 0. The normalized spacial score (nSPS) is 13.1. The van der Waals surface area contributed by atoms with Crippen molar-refractivity contribution in [3.8, 4) is 0 Å². The number of nitrogens with zero attached hydrogens (tertiary/aromatic N) is 2. The number of anilines is 2. The van der Waals surface area contributed by atoms with Crippen LogP contribution in [0.2, 0.25) is 0 Å². The lowest BCUT2D eigenvalue weighted by molar-refractivity contribution is -0.118. The summed E-state index contributed by atoms with van der Waals surface area (Å²) in [4.78, 5) is 18.6. The van der Waals surface area contributed by atoms with E-state index in [9.17, 15) is 4.79 Å². The number of rotatable bonds is 2. The first-order valence-electron chi connectivity index (χ1n) is 6.50. The van der Waals surface area contributed by atoms with Crippen LogP contribution in [-0.4, -0.2) is 31.4 Å². The van der Waals surface area contributed by atoms with Gasteiger partial charge in [0, 0.05) is 9.79 Å². The molecule has 0 N–H and O–H groups in total. The van der Waals surface area contributed by atoms with Crippen molar-refractivity contribution in [3.05, 3.63) is 48.5 Å². The van der Waals surface area contributed by atoms with E-state index in [-0.39, 0.29) is 5.91 Å². The molecule has 2 aromatic rings. The van der Waals surface area contributed by atoms with E-state index in [0.29, 0.717) is 6.54 Å². The minimum atomic E-state index is 0.0928. The highest BCUT2D eigenvalue weighted by molar-refractivity contribution is 7.99. The molecule has 2 aromatic carbocycles. The molecule has 0 radical (unpaired) electrons. The summed E-state index contributed by atoms with van der Waals surface area (Å²) in [6.45, 7) is 0.396. The van der Waals surface area contributed by atoms with Crippen LogP contribution in [0.4, 0.5) is 11.4 Å². The van der Waals surface area contributed by atoms with Crippen molar-refractivity contribution in [2.24, 2.45) is 0 Å². The van der Waals surface area contributed by atoms with Gasteiger partial charge < -0.3 is 4.90 Å². The molecule has 3 rings (SSSR count). The zero-order chi connectivity index (χ0) is 14.1. The van der Waals surface area contributed by atoms with Crippen LogP contribution < -0.4 is 4.90 Å². The Bertz CT molecular complexity index is 609. The van der Waals surface area contributed by atoms with Gasteiger partial charge in [-0.05, 0) is 38.4 Å². The van der Waals surface area contributed by atoms with E-state index < -0.39 is 0 Å². The van der Waals surface area contributed by atoms with Crippen LogP contribution >= 0.6 is 11.8 Å². The Balaban J connectivity index is 2.10. The summed E-state index contributed by atoms with van der Waals surface area (Å²) in [7, 11) is 3.82. The Morgan fingerprint density at radius 1 is 1.00 bits per heavy atom. The second kappa shape index (κ2) is 5.31. The molecule has 0 aromatic heterocycles. The van der Waals surface area contributed by atoms with E-state index in [2.05, 4.69) is 12.1 Å². The van der Waals surface area contributed by atoms with Crippen molar-refractivity contribution in [1.82, 2.24) is 4.90 Å². The quantitative estimate of drug-likeness (QED) is 0.844. The third-order valence-electron chi connectivity index (χ3n) is 3.13. The third-order valence-corrected chi connectivity index (χ3v) is 4.26. The van der Waals surface area contributed by atoms with Crippen LogP contribution in [0, 0.1) is 0 Å². The van der Waals surface area contributed by atoms with E-state index in [1.54, 1.807) is 11.8 Å². The molecule has 1 aliphatic rings. The highest BCUT2D eigenvalue weighted by Crippen LogP contribution is 2.47. The number of benzene rings is 2. The van der Waals surface area contributed by atoms with Gasteiger partial charge in [-0.1, -0.05) is 36.0 Å². The van der Waals surface area contributed by atoms with E-state index in [1.807, 2.05) is 60.3 Å². The molecular formula is C16H16N2OS. The van der Waals surface area contributed by atoms with Crippen LogP contribution in [0.25, 0.3) is 0 Å². The number of carbonyl (C=O) groups excluding carboxylic acids is 1. The monoisotopic (exact) mass is 284 g/mol. The maximum atomic E-state index is 12.6. The van der Waals surface area contributed by atoms with E-state index in [1.165, 1.54) is 0 Å². The molecule has 0 spiro atoms. The van der Waals surface area contributed by atoms with Gasteiger partial charge in [0.2, 0.25) is 5.91 Å². The standard InChI is InChI=1S/C16H16N2OS/c1-17(2)11-16(19)18-12-7-3-5-9-14(12)20-15-10-6-4-8-13(15)18/h3-10H,11H2,1-2H3. The Morgan fingerprint density at radius 3 is 2.00 bits per heavy atom. The molecular weight excluding hydrogens is 268 g/mol. The van der Waals surface area contributed by atoms with Gasteiger partial charge in [0.25, 0.3) is 0 Å². The Hall–Kier alpha value is -1.78. The predicted octanol–water partition coefficient (Wildman–Crippen LogP) is 3.38. The van der Waals surface area contributed by atoms with Crippen molar-refractivity contribution in [2.75, 3.05) is 25.5 Å². The first kappa shape index (κ1) is 13.2. The largest absolute Gasteiger partial charge is 0.301 e. The summed E-state index contributed by atoms with van der Waals surface area (Å²) in [6, 6.07) is 16.1. The van der Waals surface area contributed by atoms with Crippen LogP contribution in [-0.2, 0) is 4.79 Å². The first-order chi connectivity index (χ1) is 9.66. The van der Waals surface area contributed by atoms with Gasteiger partial charge in [-0.15, -0.1) is 0 Å². The zero-order valence-electron chi connectivity index (χ0n) is 11.5. The van der Waals surface area contributed by atoms with Gasteiger partial charge >= 0.3 is 0 Å². The van der Waals surface area contributed by atoms with Crippen LogP contribution in [0.1, 0.15) is 0 Å². The topological polar surface area (TPSA) is 23.6 Å². The SMILES string of the molecule is CN(C)CC(=O)N1c2ccccc2Sc2ccccc21. The lowest BCUT2D eigenvalue weighted by Gasteiger charge is -2.31. The predicted molar refractivity (Wildman–Crippen MR) is 82.7 cm³/mol. The summed E-state index contributed by atoms with van der Waals surface area (Å²) in [5.41, 5.74) is 1.95. The molecule has 3 nitrogen and oxygen atoms in total. The number of fused-ring (bicyclic) bond motifs is 2. The highest BCUT2D eigenvalue weighted by atomic mass is 32.2. The van der Waals surface area contributed by atoms with Gasteiger partial charge in [0.15, 0.2) is 0 Å². The Kier molecular flexibility index (Phi) is 3.51. The number of likely N-dealkylation sites (N-methyl/N-ethyl adjacent to an activating group) is 1. The second-order valence-corrected chi connectivity index (χ2v) is 6.09. The number of para-hydroxylation sites is 2. The number of carbonyl (C=O) groups is 1. The summed E-state index contributed by atoms with van der Waals surface area (Å²) in [5, 5.41) is 0. The van der Waals surface area contributed by atoms with Crippen molar-refractivity contribution < 1.29 is 4.79 Å². The third kappa shape index (κ3) is 2.32. The molecule has 1 heterocycles. The summed E-state index contributed by atoms with van der Waals surface area (Å²) < 4.78 is 0. The van der Waals surface area contributed by atoms with Gasteiger partial charge in [0.1, 0.15) is 0 Å².